The first kappa shape index (κ1) is 16.5. The van der Waals surface area contributed by atoms with E-state index < -0.39 is 18.2 Å². The van der Waals surface area contributed by atoms with Crippen LogP contribution in [0.15, 0.2) is 18.2 Å². The van der Waals surface area contributed by atoms with Gasteiger partial charge in [0.15, 0.2) is 5.12 Å². The van der Waals surface area contributed by atoms with Gasteiger partial charge in [-0.25, -0.2) is 4.79 Å². The summed E-state index contributed by atoms with van der Waals surface area (Å²) in [4.78, 5) is 21.5. The Labute approximate surface area is 120 Å². The molecule has 0 fully saturated rings. The molecule has 0 aliphatic carbocycles. The number of aliphatic hydroxyl groups excluding tert-OH is 2. The van der Waals surface area contributed by atoms with Crippen LogP contribution in [0.25, 0.3) is 0 Å². The first-order chi connectivity index (χ1) is 9.32. The van der Waals surface area contributed by atoms with E-state index in [4.69, 9.17) is 10.8 Å². The summed E-state index contributed by atoms with van der Waals surface area (Å²) in [5, 5.41) is 28.6. The van der Waals surface area contributed by atoms with Crippen molar-refractivity contribution in [2.75, 3.05) is 11.5 Å². The number of carboxylic acids is 1. The lowest BCUT2D eigenvalue weighted by Gasteiger charge is -2.19. The van der Waals surface area contributed by atoms with Crippen LogP contribution >= 0.6 is 11.8 Å². The maximum atomic E-state index is 10.8. The van der Waals surface area contributed by atoms with E-state index in [1.807, 2.05) is 0 Å². The van der Waals surface area contributed by atoms with E-state index in [1.54, 1.807) is 0 Å². The summed E-state index contributed by atoms with van der Waals surface area (Å²) in [7, 11) is 0. The van der Waals surface area contributed by atoms with Gasteiger partial charge in [0, 0.05) is 23.9 Å². The van der Waals surface area contributed by atoms with Crippen molar-refractivity contribution < 1.29 is 24.9 Å². The summed E-state index contributed by atoms with van der Waals surface area (Å²) in [5.41, 5.74) is 6.08. The second-order valence-corrected chi connectivity index (χ2v) is 5.56. The highest BCUT2D eigenvalue weighted by atomic mass is 32.2. The van der Waals surface area contributed by atoms with Crippen LogP contribution in [0.1, 0.15) is 35.4 Å². The molecule has 1 rings (SSSR count). The van der Waals surface area contributed by atoms with Crippen LogP contribution in [0.2, 0.25) is 0 Å². The number of aliphatic hydroxyl groups is 2. The average Bonchev–Trinajstić information content (AvgIpc) is 2.37. The zero-order valence-electron chi connectivity index (χ0n) is 10.9. The topological polar surface area (TPSA) is 121 Å². The van der Waals surface area contributed by atoms with Gasteiger partial charge in [-0.2, -0.15) is 0 Å². The smallest absolute Gasteiger partial charge is 0.335 e. The monoisotopic (exact) mass is 299 g/mol. The number of carboxylic acid groups (broad SMARTS) is 1. The minimum absolute atomic E-state index is 0.0140. The van der Waals surface area contributed by atoms with Gasteiger partial charge in [-0.05, 0) is 18.6 Å². The van der Waals surface area contributed by atoms with Gasteiger partial charge in [-0.1, -0.05) is 17.8 Å². The van der Waals surface area contributed by atoms with E-state index in [0.29, 0.717) is 5.75 Å². The Morgan fingerprint density at radius 3 is 2.50 bits per heavy atom. The van der Waals surface area contributed by atoms with Crippen LogP contribution in [0.3, 0.4) is 0 Å². The summed E-state index contributed by atoms with van der Waals surface area (Å²) in [5.74, 6) is -0.725. The van der Waals surface area contributed by atoms with Gasteiger partial charge in [-0.3, -0.25) is 4.79 Å². The molecule has 0 aliphatic rings. The molecule has 6 nitrogen and oxygen atoms in total. The fourth-order valence-corrected chi connectivity index (χ4v) is 2.31. The van der Waals surface area contributed by atoms with E-state index in [0.717, 1.165) is 11.8 Å². The Morgan fingerprint density at radius 2 is 2.00 bits per heavy atom. The fraction of sp³-hybridized carbons (Fsp3) is 0.385. The molecule has 0 aromatic heterocycles. The molecule has 0 radical (unpaired) electrons. The number of thioether (sulfide) groups is 1. The lowest BCUT2D eigenvalue weighted by Crippen LogP contribution is -2.20. The van der Waals surface area contributed by atoms with Crippen LogP contribution < -0.4 is 5.73 Å². The standard InChI is InChI=1S/C13H17NO5S/c1-7(15)20-5-4-11(16)12(17)9-3-2-8(13(18)19)6-10(9)14/h2-3,6,11-12,16-17H,4-5,14H2,1H3,(H,18,19). The van der Waals surface area contributed by atoms with Gasteiger partial charge >= 0.3 is 5.97 Å². The summed E-state index contributed by atoms with van der Waals surface area (Å²) >= 11 is 1.06. The van der Waals surface area contributed by atoms with Crippen LogP contribution in [-0.2, 0) is 4.79 Å². The molecule has 20 heavy (non-hydrogen) atoms. The van der Waals surface area contributed by atoms with Crippen LogP contribution in [0, 0.1) is 0 Å². The summed E-state index contributed by atoms with van der Waals surface area (Å²) < 4.78 is 0. The van der Waals surface area contributed by atoms with Crippen molar-refractivity contribution in [2.24, 2.45) is 0 Å². The molecule has 2 unspecified atom stereocenters. The van der Waals surface area contributed by atoms with Crippen LogP contribution in [-0.4, -0.2) is 38.3 Å². The number of rotatable bonds is 6. The van der Waals surface area contributed by atoms with Crippen molar-refractivity contribution in [2.45, 2.75) is 25.6 Å². The van der Waals surface area contributed by atoms with Crippen molar-refractivity contribution in [1.29, 1.82) is 0 Å². The summed E-state index contributed by atoms with van der Waals surface area (Å²) in [6.45, 7) is 1.43. The number of carbonyl (C=O) groups is 2. The van der Waals surface area contributed by atoms with E-state index in [9.17, 15) is 19.8 Å². The Morgan fingerprint density at radius 1 is 1.35 bits per heavy atom. The lowest BCUT2D eigenvalue weighted by molar-refractivity contribution is -0.109. The van der Waals surface area contributed by atoms with Gasteiger partial charge in [0.05, 0.1) is 11.7 Å². The first-order valence-corrected chi connectivity index (χ1v) is 6.93. The number of anilines is 1. The molecule has 0 saturated heterocycles. The quantitative estimate of drug-likeness (QED) is 0.579. The summed E-state index contributed by atoms with van der Waals surface area (Å²) in [6, 6.07) is 3.93. The number of hydrogen-bond acceptors (Lipinski definition) is 6. The number of benzene rings is 1. The Hall–Kier alpha value is -1.57. The van der Waals surface area contributed by atoms with Crippen LogP contribution in [0.5, 0.6) is 0 Å². The number of nitrogen functional groups attached to an aromatic ring is 1. The molecule has 0 amide bonds. The fourth-order valence-electron chi connectivity index (χ4n) is 1.67. The van der Waals surface area contributed by atoms with Crippen molar-refractivity contribution in [3.05, 3.63) is 29.3 Å². The van der Waals surface area contributed by atoms with Gasteiger partial charge in [0.1, 0.15) is 6.10 Å². The third-order valence-corrected chi connectivity index (χ3v) is 3.58. The number of carbonyl (C=O) groups excluding carboxylic acids is 1. The SMILES string of the molecule is CC(=O)SCCC(O)C(O)c1ccc(C(=O)O)cc1N. The second kappa shape index (κ2) is 7.28. The van der Waals surface area contributed by atoms with Crippen molar-refractivity contribution in [3.63, 3.8) is 0 Å². The average molecular weight is 299 g/mol. The van der Waals surface area contributed by atoms with Gasteiger partial charge in [0.2, 0.25) is 0 Å². The maximum Gasteiger partial charge on any atom is 0.335 e. The maximum absolute atomic E-state index is 10.8. The molecule has 5 N–H and O–H groups in total. The second-order valence-electron chi connectivity index (χ2n) is 4.29. The third-order valence-electron chi connectivity index (χ3n) is 2.74. The number of hydrogen-bond donors (Lipinski definition) is 4. The highest BCUT2D eigenvalue weighted by Crippen LogP contribution is 2.26. The number of nitrogens with two attached hydrogens (primary N) is 1. The first-order valence-electron chi connectivity index (χ1n) is 5.95. The zero-order valence-corrected chi connectivity index (χ0v) is 11.8. The normalized spacial score (nSPS) is 13.8. The Balaban J connectivity index is 2.73. The van der Waals surface area contributed by atoms with Crippen molar-refractivity contribution >= 4 is 28.5 Å². The van der Waals surface area contributed by atoms with Gasteiger partial charge in [0.25, 0.3) is 0 Å². The molecule has 0 saturated carbocycles. The minimum atomic E-state index is -1.22. The molecule has 1 aromatic carbocycles. The molecular weight excluding hydrogens is 282 g/mol. The predicted molar refractivity (Wildman–Crippen MR) is 76.5 cm³/mol. The molecule has 0 aliphatic heterocycles. The Kier molecular flexibility index (Phi) is 6.00. The van der Waals surface area contributed by atoms with Crippen LogP contribution in [0.4, 0.5) is 5.69 Å². The molecule has 2 atom stereocenters. The highest BCUT2D eigenvalue weighted by molar-refractivity contribution is 8.13. The molecule has 0 bridgehead atoms. The highest BCUT2D eigenvalue weighted by Gasteiger charge is 2.21. The zero-order chi connectivity index (χ0) is 15.3. The van der Waals surface area contributed by atoms with E-state index in [2.05, 4.69) is 0 Å². The molecular formula is C13H17NO5S. The van der Waals surface area contributed by atoms with Crippen molar-refractivity contribution in [3.8, 4) is 0 Å². The molecule has 0 heterocycles. The number of aromatic carboxylic acids is 1. The van der Waals surface area contributed by atoms with Crippen molar-refractivity contribution in [1.82, 2.24) is 0 Å². The minimum Gasteiger partial charge on any atom is -0.478 e. The van der Waals surface area contributed by atoms with Gasteiger partial charge in [-0.15, -0.1) is 0 Å². The predicted octanol–water partition coefficient (Wildman–Crippen LogP) is 1.03. The molecule has 7 heteroatoms. The summed E-state index contributed by atoms with van der Waals surface area (Å²) in [6.07, 6.45) is -2.06. The van der Waals surface area contributed by atoms with E-state index >= 15 is 0 Å². The largest absolute Gasteiger partial charge is 0.478 e. The molecule has 110 valence electrons. The lowest BCUT2D eigenvalue weighted by atomic mass is 9.99. The Bertz CT molecular complexity index is 506. The van der Waals surface area contributed by atoms with Gasteiger partial charge < -0.3 is 21.1 Å². The van der Waals surface area contributed by atoms with E-state index in [1.165, 1.54) is 25.1 Å². The third kappa shape index (κ3) is 4.52. The van der Waals surface area contributed by atoms with E-state index in [-0.39, 0.29) is 28.4 Å². The molecule has 1 aromatic rings. The molecule has 0 spiro atoms.